The van der Waals surface area contributed by atoms with Crippen molar-refractivity contribution in [2.24, 2.45) is 0 Å². The molecule has 2 atom stereocenters. The average Bonchev–Trinajstić information content (AvgIpc) is 2.65. The molecule has 0 amide bonds. The molecule has 1 rings (SSSR count). The van der Waals surface area contributed by atoms with Gasteiger partial charge in [-0.1, -0.05) is 20.8 Å². The highest BCUT2D eigenvalue weighted by Crippen LogP contribution is 2.22. The minimum Gasteiger partial charge on any atom is -0.314 e. The van der Waals surface area contributed by atoms with Gasteiger partial charge in [-0.15, -0.1) is 11.3 Å². The van der Waals surface area contributed by atoms with E-state index in [1.54, 1.807) is 11.3 Å². The Hall–Kier alpha value is -0.410. The fraction of sp³-hybridized carbons (Fsp3) is 0.700. The lowest BCUT2D eigenvalue weighted by atomic mass is 10.0. The smallest absolute Gasteiger partial charge is 0.0968 e. The number of hydrogen-bond acceptors (Lipinski definition) is 3. The Morgan fingerprint density at radius 1 is 1.54 bits per heavy atom. The molecule has 0 aliphatic rings. The maximum atomic E-state index is 4.35. The first kappa shape index (κ1) is 10.7. The molecule has 1 heterocycles. The van der Waals surface area contributed by atoms with Crippen LogP contribution in [0.15, 0.2) is 11.6 Å². The SMILES string of the molecule is CCNC(CC)C(C)c1nccs1. The molecule has 0 saturated carbocycles. The van der Waals surface area contributed by atoms with Crippen LogP contribution in [0.2, 0.25) is 0 Å². The molecule has 0 radical (unpaired) electrons. The second-order valence-electron chi connectivity index (χ2n) is 3.23. The molecule has 2 unspecified atom stereocenters. The Morgan fingerprint density at radius 3 is 2.77 bits per heavy atom. The van der Waals surface area contributed by atoms with Gasteiger partial charge < -0.3 is 5.32 Å². The minimum atomic E-state index is 0.532. The number of thiazole rings is 1. The van der Waals surface area contributed by atoms with Gasteiger partial charge in [0, 0.05) is 23.5 Å². The molecule has 74 valence electrons. The molecular formula is C10H18N2S. The fourth-order valence-corrected chi connectivity index (χ4v) is 2.33. The monoisotopic (exact) mass is 198 g/mol. The van der Waals surface area contributed by atoms with E-state index < -0.39 is 0 Å². The highest BCUT2D eigenvalue weighted by Gasteiger charge is 2.17. The summed E-state index contributed by atoms with van der Waals surface area (Å²) in [5, 5.41) is 6.78. The van der Waals surface area contributed by atoms with Crippen molar-refractivity contribution in [3.8, 4) is 0 Å². The average molecular weight is 198 g/mol. The van der Waals surface area contributed by atoms with E-state index >= 15 is 0 Å². The Morgan fingerprint density at radius 2 is 2.31 bits per heavy atom. The second kappa shape index (κ2) is 5.35. The lowest BCUT2D eigenvalue weighted by molar-refractivity contribution is 0.447. The molecule has 0 aliphatic heterocycles. The van der Waals surface area contributed by atoms with Crippen LogP contribution in [0, 0.1) is 0 Å². The zero-order chi connectivity index (χ0) is 9.68. The molecule has 0 aromatic carbocycles. The Labute approximate surface area is 84.4 Å². The number of nitrogens with zero attached hydrogens (tertiary/aromatic N) is 1. The van der Waals surface area contributed by atoms with Crippen molar-refractivity contribution < 1.29 is 0 Å². The highest BCUT2D eigenvalue weighted by molar-refractivity contribution is 7.09. The molecule has 1 N–H and O–H groups in total. The number of hydrogen-bond donors (Lipinski definition) is 1. The summed E-state index contributed by atoms with van der Waals surface area (Å²) in [6.07, 6.45) is 3.05. The van der Waals surface area contributed by atoms with Gasteiger partial charge in [0.05, 0.1) is 5.01 Å². The molecular weight excluding hydrogens is 180 g/mol. The van der Waals surface area contributed by atoms with Crippen LogP contribution < -0.4 is 5.32 Å². The molecule has 0 spiro atoms. The summed E-state index contributed by atoms with van der Waals surface area (Å²) in [6, 6.07) is 0.566. The van der Waals surface area contributed by atoms with Gasteiger partial charge in [0.2, 0.25) is 0 Å². The van der Waals surface area contributed by atoms with Crippen molar-refractivity contribution in [2.45, 2.75) is 39.2 Å². The van der Waals surface area contributed by atoms with Crippen LogP contribution in [0.3, 0.4) is 0 Å². The standard InChI is InChI=1S/C10H18N2S/c1-4-9(11-5-2)8(3)10-12-6-7-13-10/h6-9,11H,4-5H2,1-3H3. The third-order valence-electron chi connectivity index (χ3n) is 2.35. The predicted octanol–water partition coefficient (Wildman–Crippen LogP) is 2.63. The van der Waals surface area contributed by atoms with Gasteiger partial charge in [-0.25, -0.2) is 4.98 Å². The molecule has 2 nitrogen and oxygen atoms in total. The molecule has 3 heteroatoms. The summed E-state index contributed by atoms with van der Waals surface area (Å²) in [5.41, 5.74) is 0. The van der Waals surface area contributed by atoms with Gasteiger partial charge in [0.25, 0.3) is 0 Å². The van der Waals surface area contributed by atoms with Crippen LogP contribution in [0.5, 0.6) is 0 Å². The van der Waals surface area contributed by atoms with E-state index in [0.717, 1.165) is 13.0 Å². The zero-order valence-electron chi connectivity index (χ0n) is 8.58. The zero-order valence-corrected chi connectivity index (χ0v) is 9.40. The molecule has 0 aliphatic carbocycles. The van der Waals surface area contributed by atoms with E-state index in [2.05, 4.69) is 31.1 Å². The lowest BCUT2D eigenvalue weighted by Crippen LogP contribution is -2.32. The molecule has 1 aromatic heterocycles. The summed E-state index contributed by atoms with van der Waals surface area (Å²) in [6.45, 7) is 7.65. The van der Waals surface area contributed by atoms with E-state index in [1.807, 2.05) is 11.6 Å². The quantitative estimate of drug-likeness (QED) is 0.786. The van der Waals surface area contributed by atoms with Crippen molar-refractivity contribution in [3.63, 3.8) is 0 Å². The van der Waals surface area contributed by atoms with Gasteiger partial charge in [-0.3, -0.25) is 0 Å². The van der Waals surface area contributed by atoms with Crippen molar-refractivity contribution in [1.82, 2.24) is 10.3 Å². The maximum Gasteiger partial charge on any atom is 0.0968 e. The van der Waals surface area contributed by atoms with Crippen LogP contribution in [0.25, 0.3) is 0 Å². The molecule has 13 heavy (non-hydrogen) atoms. The van der Waals surface area contributed by atoms with Gasteiger partial charge in [0.1, 0.15) is 0 Å². The van der Waals surface area contributed by atoms with Crippen LogP contribution in [0.4, 0.5) is 0 Å². The van der Waals surface area contributed by atoms with Crippen molar-refractivity contribution in [2.75, 3.05) is 6.54 Å². The molecule has 0 saturated heterocycles. The lowest BCUT2D eigenvalue weighted by Gasteiger charge is -2.21. The normalized spacial score (nSPS) is 15.6. The van der Waals surface area contributed by atoms with E-state index in [1.165, 1.54) is 5.01 Å². The van der Waals surface area contributed by atoms with Gasteiger partial charge in [-0.2, -0.15) is 0 Å². The van der Waals surface area contributed by atoms with Crippen molar-refractivity contribution in [1.29, 1.82) is 0 Å². The van der Waals surface area contributed by atoms with E-state index in [0.29, 0.717) is 12.0 Å². The first-order valence-electron chi connectivity index (χ1n) is 4.92. The Balaban J connectivity index is 2.58. The summed E-state index contributed by atoms with van der Waals surface area (Å²) < 4.78 is 0. The highest BCUT2D eigenvalue weighted by atomic mass is 32.1. The van der Waals surface area contributed by atoms with E-state index in [9.17, 15) is 0 Å². The Kier molecular flexibility index (Phi) is 4.39. The van der Waals surface area contributed by atoms with Gasteiger partial charge in [-0.05, 0) is 13.0 Å². The van der Waals surface area contributed by atoms with Crippen molar-refractivity contribution >= 4 is 11.3 Å². The number of likely N-dealkylation sites (N-methyl/N-ethyl adjacent to an activating group) is 1. The third-order valence-corrected chi connectivity index (χ3v) is 3.33. The van der Waals surface area contributed by atoms with E-state index in [4.69, 9.17) is 0 Å². The number of nitrogens with one attached hydrogen (secondary N) is 1. The van der Waals surface area contributed by atoms with Crippen LogP contribution in [-0.2, 0) is 0 Å². The van der Waals surface area contributed by atoms with Gasteiger partial charge in [0.15, 0.2) is 0 Å². The Bertz CT molecular complexity index is 221. The topological polar surface area (TPSA) is 24.9 Å². The third kappa shape index (κ3) is 2.78. The second-order valence-corrected chi connectivity index (χ2v) is 4.16. The number of rotatable bonds is 5. The van der Waals surface area contributed by atoms with E-state index in [-0.39, 0.29) is 0 Å². The fourth-order valence-electron chi connectivity index (χ4n) is 1.57. The largest absolute Gasteiger partial charge is 0.314 e. The summed E-state index contributed by atoms with van der Waals surface area (Å²) >= 11 is 1.75. The predicted molar refractivity (Wildman–Crippen MR) is 58.3 cm³/mol. The van der Waals surface area contributed by atoms with Crippen molar-refractivity contribution in [3.05, 3.63) is 16.6 Å². The summed E-state index contributed by atoms with van der Waals surface area (Å²) in [5.74, 6) is 0.532. The van der Waals surface area contributed by atoms with Crippen LogP contribution >= 0.6 is 11.3 Å². The number of aromatic nitrogens is 1. The first-order chi connectivity index (χ1) is 6.29. The van der Waals surface area contributed by atoms with Crippen LogP contribution in [-0.4, -0.2) is 17.6 Å². The van der Waals surface area contributed by atoms with Gasteiger partial charge >= 0.3 is 0 Å². The molecule has 0 fully saturated rings. The summed E-state index contributed by atoms with van der Waals surface area (Å²) in [4.78, 5) is 4.35. The molecule has 0 bridgehead atoms. The molecule has 1 aromatic rings. The first-order valence-corrected chi connectivity index (χ1v) is 5.80. The maximum absolute atomic E-state index is 4.35. The van der Waals surface area contributed by atoms with Crippen LogP contribution in [0.1, 0.15) is 38.1 Å². The minimum absolute atomic E-state index is 0.532. The summed E-state index contributed by atoms with van der Waals surface area (Å²) in [7, 11) is 0.